The van der Waals surface area contributed by atoms with Gasteiger partial charge in [-0.1, -0.05) is 0 Å². The second-order valence-corrected chi connectivity index (χ2v) is 6.30. The minimum Gasteiger partial charge on any atom is -0.342 e. The Kier molecular flexibility index (Phi) is 4.62. The number of amides is 1. The van der Waals surface area contributed by atoms with Gasteiger partial charge >= 0.3 is 0 Å². The van der Waals surface area contributed by atoms with E-state index >= 15 is 0 Å². The molecule has 1 saturated carbocycles. The fourth-order valence-corrected chi connectivity index (χ4v) is 3.35. The van der Waals surface area contributed by atoms with Crippen molar-refractivity contribution >= 4 is 5.91 Å². The summed E-state index contributed by atoms with van der Waals surface area (Å²) in [5.74, 6) is 1.34. The van der Waals surface area contributed by atoms with E-state index in [2.05, 4.69) is 23.9 Å². The summed E-state index contributed by atoms with van der Waals surface area (Å²) in [4.78, 5) is 16.7. The molecule has 2 atom stereocenters. The average molecular weight is 253 g/mol. The Morgan fingerprint density at radius 2 is 1.89 bits per heavy atom. The van der Waals surface area contributed by atoms with Crippen LogP contribution < -0.4 is 5.73 Å². The summed E-state index contributed by atoms with van der Waals surface area (Å²) in [6.45, 7) is 3.04. The largest absolute Gasteiger partial charge is 0.342 e. The molecule has 2 fully saturated rings. The number of hydrogen-bond donors (Lipinski definition) is 1. The van der Waals surface area contributed by atoms with Crippen LogP contribution in [0.5, 0.6) is 0 Å². The zero-order valence-electron chi connectivity index (χ0n) is 11.8. The Morgan fingerprint density at radius 1 is 1.22 bits per heavy atom. The molecule has 0 radical (unpaired) electrons. The fourth-order valence-electron chi connectivity index (χ4n) is 3.35. The molecular weight excluding hydrogens is 226 g/mol. The van der Waals surface area contributed by atoms with Crippen LogP contribution in [-0.4, -0.2) is 55.5 Å². The molecule has 4 nitrogen and oxygen atoms in total. The molecule has 2 aliphatic rings. The molecule has 2 rings (SSSR count). The summed E-state index contributed by atoms with van der Waals surface area (Å²) in [6, 6.07) is 0.255. The first-order chi connectivity index (χ1) is 8.56. The first-order valence-electron chi connectivity index (χ1n) is 7.25. The molecule has 0 spiro atoms. The van der Waals surface area contributed by atoms with Crippen LogP contribution in [0.4, 0.5) is 0 Å². The molecular formula is C14H27N3O. The number of likely N-dealkylation sites (tertiary alicyclic amines) is 1. The minimum atomic E-state index is 0.213. The highest BCUT2D eigenvalue weighted by Gasteiger charge is 2.32. The average Bonchev–Trinajstić information content (AvgIpc) is 2.75. The highest BCUT2D eigenvalue weighted by Crippen LogP contribution is 2.28. The van der Waals surface area contributed by atoms with Gasteiger partial charge in [-0.2, -0.15) is 0 Å². The van der Waals surface area contributed by atoms with Gasteiger partial charge in [-0.25, -0.2) is 0 Å². The summed E-state index contributed by atoms with van der Waals surface area (Å²) in [7, 11) is 4.24. The molecule has 1 aliphatic heterocycles. The number of carbonyl (C=O) groups is 1. The number of hydrogen-bond acceptors (Lipinski definition) is 3. The van der Waals surface area contributed by atoms with Gasteiger partial charge in [-0.05, 0) is 52.1 Å². The van der Waals surface area contributed by atoms with Crippen LogP contribution in [0.15, 0.2) is 0 Å². The van der Waals surface area contributed by atoms with E-state index in [1.807, 2.05) is 0 Å². The molecule has 0 bridgehead atoms. The maximum absolute atomic E-state index is 12.3. The highest BCUT2D eigenvalue weighted by atomic mass is 16.2. The van der Waals surface area contributed by atoms with Crippen molar-refractivity contribution in [3.63, 3.8) is 0 Å². The lowest BCUT2D eigenvalue weighted by Gasteiger charge is -2.34. The Hall–Kier alpha value is -0.610. The molecule has 1 amide bonds. The Bertz CT molecular complexity index is 285. The topological polar surface area (TPSA) is 49.6 Å². The van der Waals surface area contributed by atoms with Crippen LogP contribution in [0, 0.1) is 11.8 Å². The molecule has 2 unspecified atom stereocenters. The van der Waals surface area contributed by atoms with Crippen molar-refractivity contribution < 1.29 is 4.79 Å². The number of rotatable bonds is 3. The van der Waals surface area contributed by atoms with E-state index < -0.39 is 0 Å². The summed E-state index contributed by atoms with van der Waals surface area (Å²) in [6.07, 6.45) is 5.23. The lowest BCUT2D eigenvalue weighted by molar-refractivity contribution is -0.136. The SMILES string of the molecule is CN(C)CC1CCN(C(=O)C2CCC(N)C2)CC1. The molecule has 0 aromatic rings. The van der Waals surface area contributed by atoms with E-state index in [1.54, 1.807) is 0 Å². The zero-order valence-corrected chi connectivity index (χ0v) is 11.8. The number of nitrogens with zero attached hydrogens (tertiary/aromatic N) is 2. The van der Waals surface area contributed by atoms with E-state index in [0.29, 0.717) is 5.91 Å². The lowest BCUT2D eigenvalue weighted by Crippen LogP contribution is -2.43. The molecule has 0 aromatic carbocycles. The van der Waals surface area contributed by atoms with Crippen LogP contribution in [0.25, 0.3) is 0 Å². The third-order valence-corrected chi connectivity index (χ3v) is 4.37. The quantitative estimate of drug-likeness (QED) is 0.813. The van der Waals surface area contributed by atoms with E-state index in [-0.39, 0.29) is 12.0 Å². The van der Waals surface area contributed by atoms with Crippen molar-refractivity contribution in [2.45, 2.75) is 38.1 Å². The Balaban J connectivity index is 1.77. The predicted octanol–water partition coefficient (Wildman–Crippen LogP) is 0.914. The van der Waals surface area contributed by atoms with E-state index in [4.69, 9.17) is 5.73 Å². The monoisotopic (exact) mass is 253 g/mol. The predicted molar refractivity (Wildman–Crippen MR) is 73.2 cm³/mol. The van der Waals surface area contributed by atoms with Gasteiger partial charge in [0.2, 0.25) is 5.91 Å². The molecule has 1 heterocycles. The summed E-state index contributed by atoms with van der Waals surface area (Å²) < 4.78 is 0. The van der Waals surface area contributed by atoms with Gasteiger partial charge < -0.3 is 15.5 Å². The van der Waals surface area contributed by atoms with Gasteiger partial charge in [0.25, 0.3) is 0 Å². The lowest BCUT2D eigenvalue weighted by atomic mass is 9.95. The first kappa shape index (κ1) is 13.8. The second-order valence-electron chi connectivity index (χ2n) is 6.30. The van der Waals surface area contributed by atoms with Gasteiger partial charge in [-0.15, -0.1) is 0 Å². The maximum Gasteiger partial charge on any atom is 0.225 e. The standard InChI is InChI=1S/C14H27N3O/c1-16(2)10-11-5-7-17(8-6-11)14(18)12-3-4-13(15)9-12/h11-13H,3-10,15H2,1-2H3. The third-order valence-electron chi connectivity index (χ3n) is 4.37. The highest BCUT2D eigenvalue weighted by molar-refractivity contribution is 5.79. The third kappa shape index (κ3) is 3.45. The van der Waals surface area contributed by atoms with Crippen molar-refractivity contribution in [3.05, 3.63) is 0 Å². The smallest absolute Gasteiger partial charge is 0.225 e. The van der Waals surface area contributed by atoms with Crippen LogP contribution in [-0.2, 0) is 4.79 Å². The van der Waals surface area contributed by atoms with Crippen molar-refractivity contribution in [2.75, 3.05) is 33.7 Å². The normalized spacial score (nSPS) is 30.1. The number of nitrogens with two attached hydrogens (primary N) is 1. The fraction of sp³-hybridized carbons (Fsp3) is 0.929. The zero-order chi connectivity index (χ0) is 13.1. The Labute approximate surface area is 110 Å². The van der Waals surface area contributed by atoms with E-state index in [9.17, 15) is 4.79 Å². The molecule has 4 heteroatoms. The summed E-state index contributed by atoms with van der Waals surface area (Å²) in [5.41, 5.74) is 5.89. The van der Waals surface area contributed by atoms with Crippen LogP contribution >= 0.6 is 0 Å². The van der Waals surface area contributed by atoms with Crippen molar-refractivity contribution in [1.82, 2.24) is 9.80 Å². The van der Waals surface area contributed by atoms with Gasteiger partial charge in [0.15, 0.2) is 0 Å². The van der Waals surface area contributed by atoms with Gasteiger partial charge in [0.05, 0.1) is 0 Å². The number of carbonyl (C=O) groups excluding carboxylic acids is 1. The maximum atomic E-state index is 12.3. The number of piperidine rings is 1. The first-order valence-corrected chi connectivity index (χ1v) is 7.25. The Morgan fingerprint density at radius 3 is 2.39 bits per heavy atom. The van der Waals surface area contributed by atoms with Crippen LogP contribution in [0.3, 0.4) is 0 Å². The molecule has 1 aliphatic carbocycles. The summed E-state index contributed by atoms with van der Waals surface area (Å²) >= 11 is 0. The summed E-state index contributed by atoms with van der Waals surface area (Å²) in [5, 5.41) is 0. The molecule has 1 saturated heterocycles. The van der Waals surface area contributed by atoms with Crippen molar-refractivity contribution in [3.8, 4) is 0 Å². The van der Waals surface area contributed by atoms with Crippen molar-refractivity contribution in [2.24, 2.45) is 17.6 Å². The van der Waals surface area contributed by atoms with E-state index in [1.165, 1.54) is 0 Å². The second kappa shape index (κ2) is 6.02. The molecule has 18 heavy (non-hydrogen) atoms. The minimum absolute atomic E-state index is 0.213. The molecule has 104 valence electrons. The van der Waals surface area contributed by atoms with Gasteiger partial charge in [0, 0.05) is 31.6 Å². The molecule has 2 N–H and O–H groups in total. The molecule has 0 aromatic heterocycles. The van der Waals surface area contributed by atoms with Crippen LogP contribution in [0.1, 0.15) is 32.1 Å². The van der Waals surface area contributed by atoms with E-state index in [0.717, 1.165) is 57.7 Å². The van der Waals surface area contributed by atoms with Crippen LogP contribution in [0.2, 0.25) is 0 Å². The van der Waals surface area contributed by atoms with Crippen molar-refractivity contribution in [1.29, 1.82) is 0 Å². The van der Waals surface area contributed by atoms with Gasteiger partial charge in [-0.3, -0.25) is 4.79 Å². The van der Waals surface area contributed by atoms with Gasteiger partial charge in [0.1, 0.15) is 0 Å².